The lowest BCUT2D eigenvalue weighted by molar-refractivity contribution is -0.0871. The van der Waals surface area contributed by atoms with Crippen LogP contribution in [0.15, 0.2) is 60.7 Å². The second-order valence-corrected chi connectivity index (χ2v) is 7.77. The summed E-state index contributed by atoms with van der Waals surface area (Å²) in [5.41, 5.74) is 3.86. The number of aromatic nitrogens is 1. The van der Waals surface area contributed by atoms with E-state index in [9.17, 15) is 4.79 Å². The normalized spacial score (nSPS) is 18.6. The molecule has 2 fully saturated rings. The van der Waals surface area contributed by atoms with Crippen LogP contribution in [0.4, 0.5) is 0 Å². The van der Waals surface area contributed by atoms with Gasteiger partial charge in [-0.25, -0.2) is 4.98 Å². The summed E-state index contributed by atoms with van der Waals surface area (Å²) in [6.45, 7) is 3.94. The van der Waals surface area contributed by atoms with Crippen LogP contribution < -0.4 is 0 Å². The third-order valence-corrected chi connectivity index (χ3v) is 5.57. The van der Waals surface area contributed by atoms with Crippen LogP contribution in [-0.4, -0.2) is 53.9 Å². The zero-order chi connectivity index (χ0) is 17.7. The van der Waals surface area contributed by atoms with Gasteiger partial charge in [0.25, 0.3) is 5.91 Å². The minimum absolute atomic E-state index is 0.126. The molecule has 1 aromatic heterocycles. The number of hydrogen-bond acceptors (Lipinski definition) is 3. The van der Waals surface area contributed by atoms with Crippen LogP contribution >= 0.6 is 0 Å². The van der Waals surface area contributed by atoms with E-state index in [0.29, 0.717) is 5.41 Å². The number of carbonyl (C=O) groups is 1. The third kappa shape index (κ3) is 2.41. The molecular weight excluding hydrogens is 322 g/mol. The fraction of sp³-hybridized carbons (Fsp3) is 0.273. The summed E-state index contributed by atoms with van der Waals surface area (Å²) in [5.74, 6) is 0.126. The molecule has 0 radical (unpaired) electrons. The van der Waals surface area contributed by atoms with E-state index in [1.54, 1.807) is 0 Å². The molecule has 3 heterocycles. The molecule has 0 N–H and O–H groups in total. The lowest BCUT2D eigenvalue weighted by Gasteiger charge is -2.59. The molecule has 1 amide bonds. The first-order valence-electron chi connectivity index (χ1n) is 9.07. The van der Waals surface area contributed by atoms with Gasteiger partial charge in [-0.05, 0) is 19.2 Å². The Morgan fingerprint density at radius 3 is 2.38 bits per heavy atom. The van der Waals surface area contributed by atoms with Gasteiger partial charge in [0.15, 0.2) is 0 Å². The van der Waals surface area contributed by atoms with Crippen molar-refractivity contribution in [3.8, 4) is 11.3 Å². The molecule has 0 bridgehead atoms. The number of carbonyl (C=O) groups excluding carboxylic acids is 1. The number of likely N-dealkylation sites (tertiary alicyclic amines) is 2. The molecule has 2 saturated heterocycles. The van der Waals surface area contributed by atoms with Crippen LogP contribution in [-0.2, 0) is 0 Å². The predicted molar refractivity (Wildman–Crippen MR) is 103 cm³/mol. The number of para-hydroxylation sites is 1. The van der Waals surface area contributed by atoms with Gasteiger partial charge in [-0.1, -0.05) is 48.5 Å². The Labute approximate surface area is 153 Å². The van der Waals surface area contributed by atoms with Crippen LogP contribution in [0.5, 0.6) is 0 Å². The van der Waals surface area contributed by atoms with E-state index in [1.165, 1.54) is 0 Å². The maximum Gasteiger partial charge on any atom is 0.254 e. The van der Waals surface area contributed by atoms with Crippen molar-refractivity contribution in [1.82, 2.24) is 14.8 Å². The Morgan fingerprint density at radius 2 is 1.65 bits per heavy atom. The third-order valence-electron chi connectivity index (χ3n) is 5.57. The molecule has 2 aliphatic heterocycles. The predicted octanol–water partition coefficient (Wildman–Crippen LogP) is 3.29. The summed E-state index contributed by atoms with van der Waals surface area (Å²) in [4.78, 5) is 22.3. The summed E-state index contributed by atoms with van der Waals surface area (Å²) >= 11 is 0. The van der Waals surface area contributed by atoms with Crippen molar-refractivity contribution < 1.29 is 4.79 Å². The van der Waals surface area contributed by atoms with Crippen molar-refractivity contribution in [2.45, 2.75) is 0 Å². The van der Waals surface area contributed by atoms with Gasteiger partial charge < -0.3 is 9.80 Å². The van der Waals surface area contributed by atoms with E-state index in [4.69, 9.17) is 4.98 Å². The number of benzene rings is 2. The molecule has 130 valence electrons. The molecular formula is C22H21N3O. The summed E-state index contributed by atoms with van der Waals surface area (Å²) in [5, 5.41) is 0.934. The molecule has 5 rings (SSSR count). The van der Waals surface area contributed by atoms with Crippen LogP contribution in [0.25, 0.3) is 22.2 Å². The fourth-order valence-electron chi connectivity index (χ4n) is 4.49. The molecule has 2 aromatic carbocycles. The number of rotatable bonds is 2. The van der Waals surface area contributed by atoms with Crippen LogP contribution in [0, 0.1) is 5.41 Å². The fourth-order valence-corrected chi connectivity index (χ4v) is 4.49. The monoisotopic (exact) mass is 343 g/mol. The van der Waals surface area contributed by atoms with Crippen molar-refractivity contribution in [3.05, 3.63) is 66.2 Å². The number of hydrogen-bond donors (Lipinski definition) is 0. The highest BCUT2D eigenvalue weighted by Gasteiger charge is 2.52. The highest BCUT2D eigenvalue weighted by atomic mass is 16.2. The molecule has 26 heavy (non-hydrogen) atoms. The zero-order valence-electron chi connectivity index (χ0n) is 14.9. The summed E-state index contributed by atoms with van der Waals surface area (Å²) in [6.07, 6.45) is 0. The van der Waals surface area contributed by atoms with E-state index in [2.05, 4.69) is 11.9 Å². The van der Waals surface area contributed by atoms with Crippen molar-refractivity contribution in [2.24, 2.45) is 5.41 Å². The number of fused-ring (bicyclic) bond motifs is 1. The van der Waals surface area contributed by atoms with E-state index in [0.717, 1.165) is 53.9 Å². The Hall–Kier alpha value is -2.72. The van der Waals surface area contributed by atoms with Gasteiger partial charge >= 0.3 is 0 Å². The summed E-state index contributed by atoms with van der Waals surface area (Å²) < 4.78 is 0. The minimum Gasteiger partial charge on any atom is -0.337 e. The van der Waals surface area contributed by atoms with Gasteiger partial charge in [-0.3, -0.25) is 4.79 Å². The molecule has 0 aliphatic carbocycles. The molecule has 2 aliphatic rings. The Balaban J connectivity index is 1.53. The first kappa shape index (κ1) is 15.5. The first-order chi connectivity index (χ1) is 12.6. The first-order valence-corrected chi connectivity index (χ1v) is 9.07. The molecule has 4 nitrogen and oxygen atoms in total. The van der Waals surface area contributed by atoms with E-state index >= 15 is 0 Å². The highest BCUT2D eigenvalue weighted by Crippen LogP contribution is 2.40. The van der Waals surface area contributed by atoms with E-state index in [-0.39, 0.29) is 5.91 Å². The molecule has 4 heteroatoms. The average molecular weight is 343 g/mol. The standard InChI is InChI=1S/C22H21N3O/c1-24-12-22(13-24)14-25(15-22)21(26)18-11-20(16-7-3-2-4-8-16)23-19-10-6-5-9-17(18)19/h2-11H,12-15H2,1H3. The maximum absolute atomic E-state index is 13.2. The van der Waals surface area contributed by atoms with Gasteiger partial charge in [0, 0.05) is 42.5 Å². The topological polar surface area (TPSA) is 36.4 Å². The SMILES string of the molecule is CN1CC2(C1)CN(C(=O)c1cc(-c3ccccc3)nc3ccccc13)C2. The average Bonchev–Trinajstić information content (AvgIpc) is 2.62. The number of nitrogens with zero attached hydrogens (tertiary/aromatic N) is 3. The van der Waals surface area contributed by atoms with Gasteiger partial charge in [-0.2, -0.15) is 0 Å². The second kappa shape index (κ2) is 5.64. The smallest absolute Gasteiger partial charge is 0.254 e. The lowest BCUT2D eigenvalue weighted by atomic mass is 9.73. The summed E-state index contributed by atoms with van der Waals surface area (Å²) in [6, 6.07) is 19.9. The molecule has 0 saturated carbocycles. The van der Waals surface area contributed by atoms with Gasteiger partial charge in [0.1, 0.15) is 0 Å². The molecule has 0 atom stereocenters. The Morgan fingerprint density at radius 1 is 0.962 bits per heavy atom. The number of pyridine rings is 1. The zero-order valence-corrected chi connectivity index (χ0v) is 14.9. The van der Waals surface area contributed by atoms with Crippen molar-refractivity contribution in [3.63, 3.8) is 0 Å². The number of amides is 1. The van der Waals surface area contributed by atoms with Crippen LogP contribution in [0.3, 0.4) is 0 Å². The van der Waals surface area contributed by atoms with Crippen molar-refractivity contribution in [1.29, 1.82) is 0 Å². The minimum atomic E-state index is 0.126. The maximum atomic E-state index is 13.2. The molecule has 0 unspecified atom stereocenters. The Bertz CT molecular complexity index is 985. The van der Waals surface area contributed by atoms with Crippen LogP contribution in [0.1, 0.15) is 10.4 Å². The van der Waals surface area contributed by atoms with Gasteiger partial charge in [-0.15, -0.1) is 0 Å². The second-order valence-electron chi connectivity index (χ2n) is 7.77. The van der Waals surface area contributed by atoms with Crippen molar-refractivity contribution in [2.75, 3.05) is 33.2 Å². The highest BCUT2D eigenvalue weighted by molar-refractivity contribution is 6.07. The van der Waals surface area contributed by atoms with Crippen molar-refractivity contribution >= 4 is 16.8 Å². The largest absolute Gasteiger partial charge is 0.337 e. The summed E-state index contributed by atoms with van der Waals surface area (Å²) in [7, 11) is 2.14. The Kier molecular flexibility index (Phi) is 3.37. The molecule has 1 spiro atoms. The lowest BCUT2D eigenvalue weighted by Crippen LogP contribution is -2.72. The van der Waals surface area contributed by atoms with E-state index < -0.39 is 0 Å². The van der Waals surface area contributed by atoms with E-state index in [1.807, 2.05) is 65.6 Å². The van der Waals surface area contributed by atoms with Gasteiger partial charge in [0.2, 0.25) is 0 Å². The van der Waals surface area contributed by atoms with Gasteiger partial charge in [0.05, 0.1) is 16.8 Å². The van der Waals surface area contributed by atoms with Crippen LogP contribution in [0.2, 0.25) is 0 Å². The quantitative estimate of drug-likeness (QED) is 0.716. The molecule has 3 aromatic rings.